The second kappa shape index (κ2) is 28.7. The second-order valence-corrected chi connectivity index (χ2v) is 16.8. The Hall–Kier alpha value is -5.87. The van der Waals surface area contributed by atoms with Crippen molar-refractivity contribution in [3.05, 3.63) is 0 Å². The Labute approximate surface area is 374 Å². The van der Waals surface area contributed by atoms with E-state index in [0.29, 0.717) is 12.8 Å². The minimum atomic E-state index is -1.23. The van der Waals surface area contributed by atoms with Crippen molar-refractivity contribution in [1.29, 1.82) is 0 Å². The largest absolute Gasteiger partial charge is 0.481 e. The van der Waals surface area contributed by atoms with Crippen LogP contribution in [-0.2, 0) is 52.7 Å². The van der Waals surface area contributed by atoms with Crippen molar-refractivity contribution < 1.29 is 63.0 Å². The van der Waals surface area contributed by atoms with Gasteiger partial charge in [-0.2, -0.15) is 0 Å². The third-order valence-corrected chi connectivity index (χ3v) is 10.3. The molecule has 10 atom stereocenters. The van der Waals surface area contributed by atoms with Crippen molar-refractivity contribution in [3.8, 4) is 0 Å². The lowest BCUT2D eigenvalue weighted by atomic mass is 9.96. The van der Waals surface area contributed by atoms with Crippen molar-refractivity contribution in [2.75, 3.05) is 13.1 Å². The topological polar surface area (TPSA) is 363 Å². The number of carbonyl (C=O) groups excluding carboxylic acids is 9. The zero-order chi connectivity index (χ0) is 49.6. The number of nitrogens with one attached hydrogen (secondary N) is 9. The fourth-order valence-electron chi connectivity index (χ4n) is 5.79. The van der Waals surface area contributed by atoms with E-state index in [4.69, 9.17) is 10.8 Å². The first kappa shape index (κ1) is 58.1. The van der Waals surface area contributed by atoms with Crippen molar-refractivity contribution in [1.82, 2.24) is 47.9 Å². The van der Waals surface area contributed by atoms with Gasteiger partial charge in [0.15, 0.2) is 0 Å². The van der Waals surface area contributed by atoms with Crippen LogP contribution >= 0.6 is 0 Å². The smallest absolute Gasteiger partial charge is 0.326 e. The maximum Gasteiger partial charge on any atom is 0.326 e. The SMILES string of the molecule is CC[C@H](C)[C@H](NC(=O)CNC(=O)[C@H](C)NC(=O)[C@H](C)NC(=O)[C@@H](N)CCC(=O)O)C(=O)NCC(=O)N[C@H](C(=O)N[C@@H](CC(C)C)C(=O)N[C@@H](C)C(=O)N[C@H](C(=O)O)C(C)C)[C@@H](C)CC. The molecule has 0 aromatic rings. The van der Waals surface area contributed by atoms with Crippen LogP contribution in [0, 0.1) is 23.7 Å². The van der Waals surface area contributed by atoms with Gasteiger partial charge in [-0.05, 0) is 57.3 Å². The lowest BCUT2D eigenvalue weighted by Gasteiger charge is -2.28. The summed E-state index contributed by atoms with van der Waals surface area (Å²) in [5.74, 6) is -10.5. The molecule has 0 heterocycles. The maximum absolute atomic E-state index is 13.6. The Morgan fingerprint density at radius 1 is 0.484 bits per heavy atom. The molecule has 0 saturated heterocycles. The molecular formula is C41H72N10O13. The van der Waals surface area contributed by atoms with E-state index in [1.807, 2.05) is 13.8 Å². The summed E-state index contributed by atoms with van der Waals surface area (Å²) in [6, 6.07) is -9.26. The lowest BCUT2D eigenvalue weighted by molar-refractivity contribution is -0.143. The second-order valence-electron chi connectivity index (χ2n) is 16.8. The first-order valence-electron chi connectivity index (χ1n) is 21.5. The molecule has 9 amide bonds. The van der Waals surface area contributed by atoms with E-state index in [2.05, 4.69) is 47.9 Å². The van der Waals surface area contributed by atoms with E-state index in [0.717, 1.165) is 0 Å². The molecule has 0 aromatic carbocycles. The summed E-state index contributed by atoms with van der Waals surface area (Å²) in [7, 11) is 0. The summed E-state index contributed by atoms with van der Waals surface area (Å²) in [4.78, 5) is 139. The zero-order valence-electron chi connectivity index (χ0n) is 38.8. The van der Waals surface area contributed by atoms with E-state index < -0.39 is 144 Å². The van der Waals surface area contributed by atoms with Gasteiger partial charge >= 0.3 is 11.9 Å². The minimum absolute atomic E-state index is 0.0989. The Morgan fingerprint density at radius 2 is 0.906 bits per heavy atom. The first-order valence-corrected chi connectivity index (χ1v) is 21.5. The van der Waals surface area contributed by atoms with E-state index in [-0.39, 0.29) is 25.2 Å². The highest BCUT2D eigenvalue weighted by Crippen LogP contribution is 2.12. The summed E-state index contributed by atoms with van der Waals surface area (Å²) in [5, 5.41) is 40.4. The van der Waals surface area contributed by atoms with Crippen molar-refractivity contribution in [2.24, 2.45) is 29.4 Å². The van der Waals surface area contributed by atoms with Crippen LogP contribution in [0.1, 0.15) is 108 Å². The molecule has 64 heavy (non-hydrogen) atoms. The van der Waals surface area contributed by atoms with Crippen molar-refractivity contribution >= 4 is 65.1 Å². The highest BCUT2D eigenvalue weighted by molar-refractivity contribution is 5.97. The van der Waals surface area contributed by atoms with Gasteiger partial charge in [0.1, 0.15) is 42.3 Å². The monoisotopic (exact) mass is 913 g/mol. The molecule has 364 valence electrons. The Bertz CT molecular complexity index is 1660. The Morgan fingerprint density at radius 3 is 1.34 bits per heavy atom. The number of rotatable bonds is 29. The van der Waals surface area contributed by atoms with Gasteiger partial charge in [-0.3, -0.25) is 47.9 Å². The van der Waals surface area contributed by atoms with Crippen LogP contribution in [-0.4, -0.2) is 137 Å². The van der Waals surface area contributed by atoms with Gasteiger partial charge in [0.05, 0.1) is 19.1 Å². The van der Waals surface area contributed by atoms with Crippen LogP contribution in [0.3, 0.4) is 0 Å². The van der Waals surface area contributed by atoms with E-state index >= 15 is 0 Å². The molecule has 0 aliphatic rings. The van der Waals surface area contributed by atoms with Gasteiger partial charge in [0.25, 0.3) is 0 Å². The predicted molar refractivity (Wildman–Crippen MR) is 232 cm³/mol. The molecule has 0 fully saturated rings. The highest BCUT2D eigenvalue weighted by Gasteiger charge is 2.33. The Balaban J connectivity index is 5.52. The number of nitrogens with two attached hydrogens (primary N) is 1. The molecule has 0 aliphatic carbocycles. The molecule has 13 N–H and O–H groups in total. The summed E-state index contributed by atoms with van der Waals surface area (Å²) in [5.41, 5.74) is 5.66. The molecule has 23 nitrogen and oxygen atoms in total. The fraction of sp³-hybridized carbons (Fsp3) is 0.732. The number of carbonyl (C=O) groups is 11. The van der Waals surface area contributed by atoms with Crippen LogP contribution in [0.25, 0.3) is 0 Å². The van der Waals surface area contributed by atoms with Gasteiger partial charge < -0.3 is 63.8 Å². The molecule has 0 unspecified atom stereocenters. The summed E-state index contributed by atoms with van der Waals surface area (Å²) < 4.78 is 0. The summed E-state index contributed by atoms with van der Waals surface area (Å²) in [6.45, 7) is 16.6. The van der Waals surface area contributed by atoms with Gasteiger partial charge in [0.2, 0.25) is 53.2 Å². The third kappa shape index (κ3) is 21.5. The summed E-state index contributed by atoms with van der Waals surface area (Å²) in [6.07, 6.45) is 0.505. The van der Waals surface area contributed by atoms with Crippen LogP contribution < -0.4 is 53.6 Å². The average molecular weight is 913 g/mol. The normalized spacial score (nSPS) is 15.8. The number of amides is 9. The molecule has 0 spiro atoms. The van der Waals surface area contributed by atoms with Crippen molar-refractivity contribution in [2.45, 2.75) is 157 Å². The third-order valence-electron chi connectivity index (χ3n) is 10.3. The molecule has 0 saturated carbocycles. The summed E-state index contributed by atoms with van der Waals surface area (Å²) >= 11 is 0. The number of carboxylic acid groups (broad SMARTS) is 2. The number of aliphatic carboxylic acids is 2. The van der Waals surface area contributed by atoms with Crippen LogP contribution in [0.5, 0.6) is 0 Å². The first-order chi connectivity index (χ1) is 29.7. The van der Waals surface area contributed by atoms with E-state index in [1.54, 1.807) is 41.5 Å². The quantitative estimate of drug-likeness (QED) is 0.0377. The molecule has 0 aromatic heterocycles. The van der Waals surface area contributed by atoms with Crippen molar-refractivity contribution in [3.63, 3.8) is 0 Å². The van der Waals surface area contributed by atoms with Gasteiger partial charge in [0, 0.05) is 6.42 Å². The highest BCUT2D eigenvalue weighted by atomic mass is 16.4. The van der Waals surface area contributed by atoms with E-state index in [1.165, 1.54) is 20.8 Å². The molecular weight excluding hydrogens is 841 g/mol. The van der Waals surface area contributed by atoms with Gasteiger partial charge in [-0.1, -0.05) is 68.2 Å². The molecule has 0 rings (SSSR count). The number of hydrogen-bond acceptors (Lipinski definition) is 12. The van der Waals surface area contributed by atoms with Gasteiger partial charge in [-0.15, -0.1) is 0 Å². The standard InChI is InChI=1S/C41H72N10O13/c1-12-21(7)32(49-28(52)17-43-34(56)23(9)45-35(57)24(10)46-37(59)26(42)14-15-30(54)55)39(61)44-18-29(53)50-33(22(8)13-2)40(62)48-27(16-19(3)4)38(60)47-25(11)36(58)51-31(20(5)6)41(63)64/h19-27,31-33H,12-18,42H2,1-11H3,(H,43,56)(H,44,61)(H,45,57)(H,46,59)(H,47,60)(H,48,62)(H,49,52)(H,50,53)(H,51,58)(H,54,55)(H,63,64)/t21-,22-,23-,24-,25-,26-,27-,31-,32-,33-/m0/s1. The van der Waals surface area contributed by atoms with Gasteiger partial charge in [-0.25, -0.2) is 4.79 Å². The average Bonchev–Trinajstić information content (AvgIpc) is 3.21. The lowest BCUT2D eigenvalue weighted by Crippen LogP contribution is -2.59. The predicted octanol–water partition coefficient (Wildman–Crippen LogP) is -2.26. The minimum Gasteiger partial charge on any atom is -0.481 e. The van der Waals surface area contributed by atoms with Crippen LogP contribution in [0.15, 0.2) is 0 Å². The van der Waals surface area contributed by atoms with Crippen LogP contribution in [0.4, 0.5) is 0 Å². The van der Waals surface area contributed by atoms with Crippen LogP contribution in [0.2, 0.25) is 0 Å². The molecule has 0 radical (unpaired) electrons. The molecule has 23 heteroatoms. The zero-order valence-corrected chi connectivity index (χ0v) is 38.8. The number of carboxylic acids is 2. The maximum atomic E-state index is 13.6. The molecule has 0 aliphatic heterocycles. The van der Waals surface area contributed by atoms with E-state index in [9.17, 15) is 57.8 Å². The number of hydrogen-bond donors (Lipinski definition) is 12. The Kier molecular flexibility index (Phi) is 26.1. The fourth-order valence-corrected chi connectivity index (χ4v) is 5.79. The molecule has 0 bridgehead atoms.